The van der Waals surface area contributed by atoms with Gasteiger partial charge >= 0.3 is 0 Å². The van der Waals surface area contributed by atoms with Gasteiger partial charge in [0, 0.05) is 17.8 Å². The molecule has 1 aliphatic carbocycles. The Morgan fingerprint density at radius 2 is 1.69 bits per heavy atom. The van der Waals surface area contributed by atoms with Gasteiger partial charge in [0.2, 0.25) is 11.8 Å². The molecular weight excluding hydrogens is 501 g/mol. The summed E-state index contributed by atoms with van der Waals surface area (Å²) < 4.78 is 26.4. The van der Waals surface area contributed by atoms with Gasteiger partial charge in [-0.05, 0) is 66.9 Å². The molecule has 5 rings (SSSR count). The van der Waals surface area contributed by atoms with Crippen LogP contribution in [0.4, 0.5) is 10.1 Å². The van der Waals surface area contributed by atoms with E-state index in [9.17, 15) is 14.0 Å². The number of para-hydroxylation sites is 1. The molecule has 0 spiro atoms. The van der Waals surface area contributed by atoms with Crippen LogP contribution < -0.4 is 19.7 Å². The van der Waals surface area contributed by atoms with E-state index in [0.29, 0.717) is 33.8 Å². The van der Waals surface area contributed by atoms with Gasteiger partial charge in [0.15, 0.2) is 0 Å². The predicted molar refractivity (Wildman–Crippen MR) is 144 cm³/mol. The van der Waals surface area contributed by atoms with E-state index in [4.69, 9.17) is 9.47 Å². The number of benzene rings is 3. The molecule has 1 heterocycles. The Kier molecular flexibility index (Phi) is 7.72. The number of halogens is 1. The molecule has 1 atom stereocenters. The van der Waals surface area contributed by atoms with E-state index in [2.05, 4.69) is 15.6 Å². The fourth-order valence-electron chi connectivity index (χ4n) is 5.03. The minimum absolute atomic E-state index is 0.0110. The number of hydrogen-bond acceptors (Lipinski definition) is 6. The summed E-state index contributed by atoms with van der Waals surface area (Å²) in [6.45, 7) is -0.188. The zero-order chi connectivity index (χ0) is 27.4. The second-order valence-corrected chi connectivity index (χ2v) is 9.51. The van der Waals surface area contributed by atoms with Crippen LogP contribution in [-0.4, -0.2) is 47.1 Å². The molecule has 202 valence electrons. The van der Waals surface area contributed by atoms with E-state index in [0.717, 1.165) is 25.7 Å². The van der Waals surface area contributed by atoms with Crippen molar-refractivity contribution < 1.29 is 23.5 Å². The topological polar surface area (TPSA) is 98.6 Å². The van der Waals surface area contributed by atoms with Crippen LogP contribution in [0, 0.1) is 5.82 Å². The Bertz CT molecular complexity index is 1440. The van der Waals surface area contributed by atoms with Gasteiger partial charge < -0.3 is 14.8 Å². The van der Waals surface area contributed by atoms with Crippen LogP contribution in [-0.2, 0) is 16.1 Å². The van der Waals surface area contributed by atoms with E-state index in [1.54, 1.807) is 24.3 Å². The van der Waals surface area contributed by atoms with Gasteiger partial charge in [-0.2, -0.15) is 0 Å². The molecule has 0 bridgehead atoms. The molecule has 10 heteroatoms. The smallest absolute Gasteiger partial charge is 0.249 e. The highest BCUT2D eigenvalue weighted by molar-refractivity contribution is 6.01. The number of hydrogen-bond donors (Lipinski definition) is 1. The summed E-state index contributed by atoms with van der Waals surface area (Å²) in [5, 5.41) is 11.4. The number of amides is 2. The Hall–Kier alpha value is -4.47. The molecule has 0 radical (unpaired) electrons. The summed E-state index contributed by atoms with van der Waals surface area (Å²) in [4.78, 5) is 29.5. The minimum Gasteiger partial charge on any atom is -0.497 e. The largest absolute Gasteiger partial charge is 0.497 e. The number of anilines is 1. The Morgan fingerprint density at radius 1 is 1.03 bits per heavy atom. The van der Waals surface area contributed by atoms with Crippen LogP contribution in [0.5, 0.6) is 11.5 Å². The molecule has 39 heavy (non-hydrogen) atoms. The van der Waals surface area contributed by atoms with E-state index in [1.807, 2.05) is 18.2 Å². The summed E-state index contributed by atoms with van der Waals surface area (Å²) in [5.74, 6) is -0.291. The number of nitrogens with one attached hydrogen (secondary N) is 1. The second kappa shape index (κ2) is 11.5. The lowest BCUT2D eigenvalue weighted by molar-refractivity contribution is -0.127. The normalized spacial score (nSPS) is 14.2. The van der Waals surface area contributed by atoms with Gasteiger partial charge in [0.25, 0.3) is 0 Å². The SMILES string of the molecule is COc1cc(OC)cc(C(C(=O)NC2CCCC2)N(C(=O)Cn2nnc3ccccc32)c2ccc(F)cc2)c1. The first-order valence-electron chi connectivity index (χ1n) is 12.9. The van der Waals surface area contributed by atoms with Crippen molar-refractivity contribution in [3.8, 4) is 11.5 Å². The number of aromatic nitrogens is 3. The lowest BCUT2D eigenvalue weighted by Crippen LogP contribution is -2.47. The van der Waals surface area contributed by atoms with Crippen LogP contribution in [0.1, 0.15) is 37.3 Å². The third-order valence-electron chi connectivity index (χ3n) is 6.98. The Labute approximate surface area is 225 Å². The summed E-state index contributed by atoms with van der Waals surface area (Å²) in [6.07, 6.45) is 3.80. The monoisotopic (exact) mass is 531 g/mol. The van der Waals surface area contributed by atoms with Crippen LogP contribution in [0.3, 0.4) is 0 Å². The molecule has 1 saturated carbocycles. The van der Waals surface area contributed by atoms with Crippen LogP contribution in [0.25, 0.3) is 11.0 Å². The maximum Gasteiger partial charge on any atom is 0.249 e. The maximum atomic E-state index is 14.1. The fraction of sp³-hybridized carbons (Fsp3) is 0.310. The lowest BCUT2D eigenvalue weighted by atomic mass is 10.0. The van der Waals surface area contributed by atoms with Crippen molar-refractivity contribution in [3.05, 3.63) is 78.1 Å². The average Bonchev–Trinajstić information content (AvgIpc) is 3.62. The van der Waals surface area contributed by atoms with Crippen LogP contribution >= 0.6 is 0 Å². The molecule has 1 fully saturated rings. The number of carbonyl (C=O) groups is 2. The van der Waals surface area contributed by atoms with Gasteiger partial charge in [-0.1, -0.05) is 30.2 Å². The number of nitrogens with zero attached hydrogens (tertiary/aromatic N) is 4. The van der Waals surface area contributed by atoms with Gasteiger partial charge in [0.1, 0.15) is 35.4 Å². The predicted octanol–water partition coefficient (Wildman–Crippen LogP) is 4.42. The average molecular weight is 532 g/mol. The van der Waals surface area contributed by atoms with Crippen molar-refractivity contribution in [1.82, 2.24) is 20.3 Å². The third kappa shape index (κ3) is 5.69. The first-order valence-corrected chi connectivity index (χ1v) is 12.9. The molecule has 1 aliphatic rings. The van der Waals surface area contributed by atoms with Crippen molar-refractivity contribution in [1.29, 1.82) is 0 Å². The first-order chi connectivity index (χ1) is 19.0. The summed E-state index contributed by atoms with van der Waals surface area (Å²) in [7, 11) is 3.04. The first kappa shape index (κ1) is 26.1. The summed E-state index contributed by atoms with van der Waals surface area (Å²) in [5.41, 5.74) is 2.17. The number of ether oxygens (including phenoxy) is 2. The van der Waals surface area contributed by atoms with Crippen LogP contribution in [0.15, 0.2) is 66.7 Å². The van der Waals surface area contributed by atoms with E-state index < -0.39 is 17.8 Å². The van der Waals surface area contributed by atoms with Gasteiger partial charge in [-0.15, -0.1) is 5.10 Å². The molecule has 4 aromatic rings. The quantitative estimate of drug-likeness (QED) is 0.343. The van der Waals surface area contributed by atoms with Crippen LogP contribution in [0.2, 0.25) is 0 Å². The van der Waals surface area contributed by atoms with Crippen molar-refractivity contribution in [3.63, 3.8) is 0 Å². The zero-order valence-corrected chi connectivity index (χ0v) is 21.8. The van der Waals surface area contributed by atoms with Crippen molar-refractivity contribution >= 4 is 28.5 Å². The molecule has 1 unspecified atom stereocenters. The third-order valence-corrected chi connectivity index (χ3v) is 6.98. The highest BCUT2D eigenvalue weighted by atomic mass is 19.1. The Morgan fingerprint density at radius 3 is 2.36 bits per heavy atom. The van der Waals surface area contributed by atoms with Gasteiger partial charge in [-0.3, -0.25) is 14.5 Å². The molecule has 3 aromatic carbocycles. The van der Waals surface area contributed by atoms with E-state index >= 15 is 0 Å². The van der Waals surface area contributed by atoms with Crippen molar-refractivity contribution in [2.75, 3.05) is 19.1 Å². The fourth-order valence-corrected chi connectivity index (χ4v) is 5.03. The lowest BCUT2D eigenvalue weighted by Gasteiger charge is -2.32. The number of rotatable bonds is 9. The van der Waals surface area contributed by atoms with Crippen molar-refractivity contribution in [2.24, 2.45) is 0 Å². The maximum absolute atomic E-state index is 14.1. The second-order valence-electron chi connectivity index (χ2n) is 9.51. The molecule has 2 amide bonds. The highest BCUT2D eigenvalue weighted by Crippen LogP contribution is 2.34. The van der Waals surface area contributed by atoms with Gasteiger partial charge in [-0.25, -0.2) is 9.07 Å². The van der Waals surface area contributed by atoms with E-state index in [-0.39, 0.29) is 18.5 Å². The zero-order valence-electron chi connectivity index (χ0n) is 21.8. The standard InChI is InChI=1S/C29H30FN5O4/c1-38-23-15-19(16-24(17-23)39-2)28(29(37)31-21-7-3-4-8-21)35(22-13-11-20(30)12-14-22)27(36)18-34-26-10-6-5-9-25(26)32-33-34/h5-6,9-17,21,28H,3-4,7-8,18H2,1-2H3,(H,31,37). The minimum atomic E-state index is -1.10. The molecule has 1 aromatic heterocycles. The Balaban J connectivity index is 1.61. The number of fused-ring (bicyclic) bond motifs is 1. The summed E-state index contributed by atoms with van der Waals surface area (Å²) >= 11 is 0. The number of carbonyl (C=O) groups excluding carboxylic acids is 2. The molecular formula is C29H30FN5O4. The summed E-state index contributed by atoms with van der Waals surface area (Å²) in [6, 6.07) is 16.8. The van der Waals surface area contributed by atoms with E-state index in [1.165, 1.54) is 48.1 Å². The highest BCUT2D eigenvalue weighted by Gasteiger charge is 2.35. The molecule has 9 nitrogen and oxygen atoms in total. The van der Waals surface area contributed by atoms with Crippen molar-refractivity contribution in [2.45, 2.75) is 44.3 Å². The molecule has 0 aliphatic heterocycles. The molecule has 0 saturated heterocycles. The number of methoxy groups -OCH3 is 2. The van der Waals surface area contributed by atoms with Gasteiger partial charge in [0.05, 0.1) is 19.7 Å². The molecule has 1 N–H and O–H groups in total.